The van der Waals surface area contributed by atoms with Gasteiger partial charge in [-0.1, -0.05) is 17.7 Å². The van der Waals surface area contributed by atoms with Crippen molar-refractivity contribution in [2.45, 2.75) is 32.9 Å². The molecule has 1 fully saturated rings. The number of esters is 1. The quantitative estimate of drug-likeness (QED) is 0.388. The Morgan fingerprint density at radius 2 is 1.74 bits per heavy atom. The maximum Gasteiger partial charge on any atom is 0.338 e. The van der Waals surface area contributed by atoms with E-state index in [0.717, 1.165) is 10.5 Å². The number of amides is 4. The number of nitrogens with one attached hydrogen (secondary N) is 1. The number of furan rings is 1. The van der Waals surface area contributed by atoms with Crippen LogP contribution in [0.4, 0.5) is 16.2 Å². The molecule has 9 heteroatoms. The zero-order chi connectivity index (χ0) is 24.9. The lowest BCUT2D eigenvalue weighted by atomic mass is 10.1. The van der Waals surface area contributed by atoms with Crippen molar-refractivity contribution in [3.63, 3.8) is 0 Å². The van der Waals surface area contributed by atoms with Gasteiger partial charge in [-0.25, -0.2) is 14.5 Å². The van der Waals surface area contributed by atoms with Crippen LogP contribution in [0.1, 0.15) is 35.0 Å². The molecule has 2 heterocycles. The van der Waals surface area contributed by atoms with Crippen molar-refractivity contribution in [2.75, 3.05) is 16.8 Å². The molecule has 1 aromatic heterocycles. The van der Waals surface area contributed by atoms with E-state index in [4.69, 9.17) is 9.15 Å². The van der Waals surface area contributed by atoms with Gasteiger partial charge in [0.15, 0.2) is 0 Å². The van der Waals surface area contributed by atoms with E-state index in [1.165, 1.54) is 11.2 Å². The summed E-state index contributed by atoms with van der Waals surface area (Å²) in [5.41, 5.74) is 2.24. The number of aryl methyl sites for hydroxylation is 1. The third kappa shape index (κ3) is 5.24. The van der Waals surface area contributed by atoms with E-state index in [1.54, 1.807) is 55.5 Å². The average Bonchev–Trinajstić information content (AvgIpc) is 3.43. The van der Waals surface area contributed by atoms with Crippen LogP contribution < -0.4 is 10.2 Å². The van der Waals surface area contributed by atoms with Gasteiger partial charge in [0, 0.05) is 5.69 Å². The number of anilines is 2. The summed E-state index contributed by atoms with van der Waals surface area (Å²) in [5.74, 6) is -0.893. The van der Waals surface area contributed by atoms with E-state index in [1.807, 2.05) is 19.1 Å². The number of hydrogen-bond donors (Lipinski definition) is 1. The molecule has 9 nitrogen and oxygen atoms in total. The highest BCUT2D eigenvalue weighted by molar-refractivity contribution is 6.22. The molecule has 1 unspecified atom stereocenters. The van der Waals surface area contributed by atoms with Gasteiger partial charge >= 0.3 is 12.0 Å². The zero-order valence-corrected chi connectivity index (χ0v) is 19.4. The maximum absolute atomic E-state index is 13.3. The Bertz CT molecular complexity index is 1220. The van der Waals surface area contributed by atoms with Gasteiger partial charge in [0.05, 0.1) is 37.1 Å². The summed E-state index contributed by atoms with van der Waals surface area (Å²) in [6, 6.07) is 15.1. The topological polar surface area (TPSA) is 109 Å². The van der Waals surface area contributed by atoms with Crippen molar-refractivity contribution in [1.29, 1.82) is 0 Å². The van der Waals surface area contributed by atoms with Crippen molar-refractivity contribution in [1.82, 2.24) is 4.90 Å². The van der Waals surface area contributed by atoms with E-state index in [9.17, 15) is 19.2 Å². The van der Waals surface area contributed by atoms with Crippen LogP contribution in [0.2, 0.25) is 0 Å². The Hall–Kier alpha value is -4.40. The SMILES string of the molecule is CCOC(=O)c1ccc(NC(=O)CC2C(=O)N(c3ccc(C)cc3)C(=O)N2Cc2ccco2)cc1. The molecule has 0 spiro atoms. The minimum absolute atomic E-state index is 0.0477. The first-order chi connectivity index (χ1) is 16.9. The van der Waals surface area contributed by atoms with Crippen molar-refractivity contribution < 1.29 is 28.3 Å². The second-order valence-electron chi connectivity index (χ2n) is 8.06. The highest BCUT2D eigenvalue weighted by Crippen LogP contribution is 2.29. The number of ether oxygens (including phenoxy) is 1. The molecule has 0 bridgehead atoms. The normalized spacial score (nSPS) is 15.4. The van der Waals surface area contributed by atoms with E-state index in [0.29, 0.717) is 22.7 Å². The van der Waals surface area contributed by atoms with Gasteiger partial charge in [-0.2, -0.15) is 0 Å². The average molecular weight is 476 g/mol. The van der Waals surface area contributed by atoms with E-state index < -0.39 is 29.9 Å². The summed E-state index contributed by atoms with van der Waals surface area (Å²) < 4.78 is 10.3. The van der Waals surface area contributed by atoms with Gasteiger partial charge < -0.3 is 19.4 Å². The fraction of sp³-hybridized carbons (Fsp3) is 0.231. The van der Waals surface area contributed by atoms with Gasteiger partial charge in [-0.3, -0.25) is 9.59 Å². The molecular formula is C26H25N3O6. The van der Waals surface area contributed by atoms with Gasteiger partial charge in [0.1, 0.15) is 11.8 Å². The van der Waals surface area contributed by atoms with Gasteiger partial charge in [-0.15, -0.1) is 0 Å². The molecule has 2 aromatic carbocycles. The summed E-state index contributed by atoms with van der Waals surface area (Å²) >= 11 is 0. The molecule has 0 aliphatic carbocycles. The van der Waals surface area contributed by atoms with Crippen molar-refractivity contribution in [3.05, 3.63) is 83.8 Å². The Labute approximate surface area is 202 Å². The molecule has 35 heavy (non-hydrogen) atoms. The predicted octanol–water partition coefficient (Wildman–Crippen LogP) is 4.13. The van der Waals surface area contributed by atoms with Crippen LogP contribution in [0.25, 0.3) is 0 Å². The second-order valence-corrected chi connectivity index (χ2v) is 8.06. The molecule has 1 saturated heterocycles. The van der Waals surface area contributed by atoms with Crippen LogP contribution in [-0.2, 0) is 20.9 Å². The number of carbonyl (C=O) groups is 4. The molecule has 1 atom stereocenters. The predicted molar refractivity (Wildman–Crippen MR) is 128 cm³/mol. The lowest BCUT2D eigenvalue weighted by molar-refractivity contribution is -0.124. The van der Waals surface area contributed by atoms with Crippen LogP contribution in [0.3, 0.4) is 0 Å². The number of imide groups is 1. The molecule has 0 saturated carbocycles. The molecule has 3 aromatic rings. The van der Waals surface area contributed by atoms with Crippen LogP contribution in [-0.4, -0.2) is 41.4 Å². The molecular weight excluding hydrogens is 450 g/mol. The number of carbonyl (C=O) groups excluding carboxylic acids is 4. The van der Waals surface area contributed by atoms with Gasteiger partial charge in [0.25, 0.3) is 5.91 Å². The minimum Gasteiger partial charge on any atom is -0.467 e. The fourth-order valence-corrected chi connectivity index (χ4v) is 3.81. The maximum atomic E-state index is 13.3. The third-order valence-corrected chi connectivity index (χ3v) is 5.58. The first-order valence-corrected chi connectivity index (χ1v) is 11.2. The monoisotopic (exact) mass is 475 g/mol. The van der Waals surface area contributed by atoms with Crippen LogP contribution >= 0.6 is 0 Å². The number of urea groups is 1. The summed E-state index contributed by atoms with van der Waals surface area (Å²) in [4.78, 5) is 53.6. The third-order valence-electron chi connectivity index (χ3n) is 5.58. The van der Waals surface area contributed by atoms with Crippen LogP contribution in [0.5, 0.6) is 0 Å². The summed E-state index contributed by atoms with van der Waals surface area (Å²) in [6.45, 7) is 3.94. The van der Waals surface area contributed by atoms with E-state index in [-0.39, 0.29) is 19.6 Å². The highest BCUT2D eigenvalue weighted by Gasteiger charge is 2.47. The Morgan fingerprint density at radius 3 is 2.37 bits per heavy atom. The molecule has 0 radical (unpaired) electrons. The molecule has 4 amide bonds. The van der Waals surface area contributed by atoms with Crippen molar-refractivity contribution in [2.24, 2.45) is 0 Å². The Morgan fingerprint density at radius 1 is 1.03 bits per heavy atom. The largest absolute Gasteiger partial charge is 0.467 e. The van der Waals surface area contributed by atoms with Crippen molar-refractivity contribution >= 4 is 35.2 Å². The van der Waals surface area contributed by atoms with Crippen molar-refractivity contribution in [3.8, 4) is 0 Å². The molecule has 180 valence electrons. The highest BCUT2D eigenvalue weighted by atomic mass is 16.5. The lowest BCUT2D eigenvalue weighted by Crippen LogP contribution is -2.37. The van der Waals surface area contributed by atoms with Gasteiger partial charge in [-0.05, 0) is 62.4 Å². The van der Waals surface area contributed by atoms with E-state index >= 15 is 0 Å². The Kier molecular flexibility index (Phi) is 6.96. The first kappa shape index (κ1) is 23.7. The summed E-state index contributed by atoms with van der Waals surface area (Å²) in [5, 5.41) is 2.72. The number of hydrogen-bond acceptors (Lipinski definition) is 6. The molecule has 1 N–H and O–H groups in total. The van der Waals surface area contributed by atoms with Crippen LogP contribution in [0, 0.1) is 6.92 Å². The summed E-state index contributed by atoms with van der Waals surface area (Å²) in [7, 11) is 0. The lowest BCUT2D eigenvalue weighted by Gasteiger charge is -2.20. The van der Waals surface area contributed by atoms with Gasteiger partial charge in [0.2, 0.25) is 5.91 Å². The second kappa shape index (κ2) is 10.3. The van der Waals surface area contributed by atoms with E-state index in [2.05, 4.69) is 5.32 Å². The number of rotatable bonds is 8. The molecule has 1 aliphatic heterocycles. The fourth-order valence-electron chi connectivity index (χ4n) is 3.81. The van der Waals surface area contributed by atoms with Crippen LogP contribution in [0.15, 0.2) is 71.3 Å². The smallest absolute Gasteiger partial charge is 0.338 e. The number of nitrogens with zero attached hydrogens (tertiary/aromatic N) is 2. The molecule has 1 aliphatic rings. The zero-order valence-electron chi connectivity index (χ0n) is 19.4. The Balaban J connectivity index is 1.51. The summed E-state index contributed by atoms with van der Waals surface area (Å²) in [6.07, 6.45) is 1.24. The standard InChI is InChI=1S/C26H25N3O6/c1-3-34-25(32)18-8-10-19(11-9-18)27-23(30)15-22-24(31)29(20-12-6-17(2)7-13-20)26(33)28(22)16-21-5-4-14-35-21/h4-14,22H,3,15-16H2,1-2H3,(H,27,30). The minimum atomic E-state index is -1.01. The first-order valence-electron chi connectivity index (χ1n) is 11.2. The molecule has 4 rings (SSSR count). The number of benzene rings is 2.